The molecule has 2 aromatic rings. The fourth-order valence-corrected chi connectivity index (χ4v) is 2.55. The van der Waals surface area contributed by atoms with Crippen LogP contribution in [0.15, 0.2) is 36.4 Å². The van der Waals surface area contributed by atoms with Crippen molar-refractivity contribution >= 4 is 0 Å². The lowest BCUT2D eigenvalue weighted by Crippen LogP contribution is -2.30. The summed E-state index contributed by atoms with van der Waals surface area (Å²) in [4.78, 5) is 0. The highest BCUT2D eigenvalue weighted by atomic mass is 19.1. The lowest BCUT2D eigenvalue weighted by atomic mass is 9.92. The summed E-state index contributed by atoms with van der Waals surface area (Å²) >= 11 is 0. The summed E-state index contributed by atoms with van der Waals surface area (Å²) in [5.41, 5.74) is 7.90. The smallest absolute Gasteiger partial charge is 0.128 e. The van der Waals surface area contributed by atoms with E-state index in [-0.39, 0.29) is 11.9 Å². The van der Waals surface area contributed by atoms with E-state index in [4.69, 9.17) is 5.84 Å². The van der Waals surface area contributed by atoms with Crippen molar-refractivity contribution in [3.8, 4) is 0 Å². The molecule has 0 aliphatic heterocycles. The van der Waals surface area contributed by atoms with E-state index in [1.165, 1.54) is 16.7 Å². The molecule has 0 amide bonds. The number of hydrazine groups is 1. The average molecular weight is 272 g/mol. The van der Waals surface area contributed by atoms with Gasteiger partial charge in [0.25, 0.3) is 0 Å². The Hall–Kier alpha value is -1.71. The zero-order valence-electron chi connectivity index (χ0n) is 12.2. The summed E-state index contributed by atoms with van der Waals surface area (Å²) in [5, 5.41) is 0. The summed E-state index contributed by atoms with van der Waals surface area (Å²) in [6, 6.07) is 11.2. The maximum atomic E-state index is 14.1. The van der Waals surface area contributed by atoms with Crippen LogP contribution in [0.3, 0.4) is 0 Å². The second-order valence-electron chi connectivity index (χ2n) is 5.32. The summed E-state index contributed by atoms with van der Waals surface area (Å²) in [5.74, 6) is 5.43. The zero-order chi connectivity index (χ0) is 14.7. The number of nitrogens with two attached hydrogens (primary N) is 1. The van der Waals surface area contributed by atoms with Crippen LogP contribution in [0, 0.1) is 26.6 Å². The third-order valence-corrected chi connectivity index (χ3v) is 3.79. The Morgan fingerprint density at radius 2 is 1.75 bits per heavy atom. The van der Waals surface area contributed by atoms with E-state index < -0.39 is 0 Å². The molecule has 106 valence electrons. The van der Waals surface area contributed by atoms with Crippen molar-refractivity contribution in [3.05, 3.63) is 70.0 Å². The molecule has 1 unspecified atom stereocenters. The third-order valence-electron chi connectivity index (χ3n) is 3.79. The van der Waals surface area contributed by atoms with E-state index in [1.807, 2.05) is 25.1 Å². The van der Waals surface area contributed by atoms with E-state index in [0.717, 1.165) is 5.56 Å². The van der Waals surface area contributed by atoms with Gasteiger partial charge in [0.2, 0.25) is 0 Å². The molecule has 3 N–H and O–H groups in total. The van der Waals surface area contributed by atoms with Crippen molar-refractivity contribution in [2.45, 2.75) is 33.2 Å². The molecule has 2 rings (SSSR count). The fraction of sp³-hybridized carbons (Fsp3) is 0.294. The predicted octanol–water partition coefficient (Wildman–Crippen LogP) is 3.50. The highest BCUT2D eigenvalue weighted by Crippen LogP contribution is 2.24. The Morgan fingerprint density at radius 1 is 1.10 bits per heavy atom. The van der Waals surface area contributed by atoms with Crippen LogP contribution < -0.4 is 11.3 Å². The first-order chi connectivity index (χ1) is 9.52. The van der Waals surface area contributed by atoms with E-state index in [9.17, 15) is 4.39 Å². The third kappa shape index (κ3) is 3.06. The molecule has 20 heavy (non-hydrogen) atoms. The standard InChI is InChI=1S/C17H21FN2/c1-11-7-8-14(16(18)9-11)17(20-19)10-15-12(2)5-4-6-13(15)3/h4-9,17,20H,10,19H2,1-3H3. The van der Waals surface area contributed by atoms with Gasteiger partial charge in [0.1, 0.15) is 5.82 Å². The molecule has 0 bridgehead atoms. The molecule has 0 aliphatic carbocycles. The van der Waals surface area contributed by atoms with Crippen molar-refractivity contribution in [2.75, 3.05) is 0 Å². The van der Waals surface area contributed by atoms with E-state index >= 15 is 0 Å². The zero-order valence-corrected chi connectivity index (χ0v) is 12.2. The summed E-state index contributed by atoms with van der Waals surface area (Å²) in [6.45, 7) is 6.02. The Bertz CT molecular complexity index is 588. The minimum absolute atomic E-state index is 0.209. The summed E-state index contributed by atoms with van der Waals surface area (Å²) < 4.78 is 14.1. The van der Waals surface area contributed by atoms with Gasteiger partial charge in [-0.1, -0.05) is 30.3 Å². The van der Waals surface area contributed by atoms with Gasteiger partial charge in [0.15, 0.2) is 0 Å². The normalized spacial score (nSPS) is 12.4. The molecular formula is C17H21FN2. The Balaban J connectivity index is 2.34. The number of hydrogen-bond donors (Lipinski definition) is 2. The molecule has 0 saturated heterocycles. The highest BCUT2D eigenvalue weighted by molar-refractivity contribution is 5.36. The van der Waals surface area contributed by atoms with Gasteiger partial charge in [0.05, 0.1) is 6.04 Å². The molecule has 0 radical (unpaired) electrons. The van der Waals surface area contributed by atoms with Gasteiger partial charge in [-0.2, -0.15) is 0 Å². The molecule has 0 fully saturated rings. The van der Waals surface area contributed by atoms with Crippen molar-refractivity contribution in [3.63, 3.8) is 0 Å². The van der Waals surface area contributed by atoms with Gasteiger partial charge in [-0.15, -0.1) is 0 Å². The van der Waals surface area contributed by atoms with Gasteiger partial charge in [-0.3, -0.25) is 11.3 Å². The molecular weight excluding hydrogens is 251 g/mol. The second-order valence-corrected chi connectivity index (χ2v) is 5.32. The summed E-state index contributed by atoms with van der Waals surface area (Å²) in [7, 11) is 0. The van der Waals surface area contributed by atoms with Crippen LogP contribution in [-0.2, 0) is 6.42 Å². The topological polar surface area (TPSA) is 38.0 Å². The summed E-state index contributed by atoms with van der Waals surface area (Å²) in [6.07, 6.45) is 0.676. The molecule has 2 aromatic carbocycles. The van der Waals surface area contributed by atoms with Gasteiger partial charge in [-0.25, -0.2) is 4.39 Å². The quantitative estimate of drug-likeness (QED) is 0.660. The first-order valence-electron chi connectivity index (χ1n) is 6.80. The minimum atomic E-state index is -0.226. The maximum absolute atomic E-state index is 14.1. The van der Waals surface area contributed by atoms with Gasteiger partial charge in [-0.05, 0) is 55.5 Å². The van der Waals surface area contributed by atoms with Crippen LogP contribution >= 0.6 is 0 Å². The van der Waals surface area contributed by atoms with E-state index in [2.05, 4.69) is 31.4 Å². The van der Waals surface area contributed by atoms with Crippen molar-refractivity contribution in [1.82, 2.24) is 5.43 Å². The van der Waals surface area contributed by atoms with Crippen LogP contribution in [0.2, 0.25) is 0 Å². The Kier molecular flexibility index (Phi) is 4.53. The number of benzene rings is 2. The van der Waals surface area contributed by atoms with E-state index in [0.29, 0.717) is 12.0 Å². The van der Waals surface area contributed by atoms with E-state index in [1.54, 1.807) is 6.07 Å². The lowest BCUT2D eigenvalue weighted by Gasteiger charge is -2.20. The SMILES string of the molecule is Cc1ccc(C(Cc2c(C)cccc2C)NN)c(F)c1. The molecule has 2 nitrogen and oxygen atoms in total. The number of rotatable bonds is 4. The minimum Gasteiger partial charge on any atom is -0.271 e. The van der Waals surface area contributed by atoms with Crippen molar-refractivity contribution in [1.29, 1.82) is 0 Å². The van der Waals surface area contributed by atoms with Crippen LogP contribution in [0.5, 0.6) is 0 Å². The molecule has 0 saturated carbocycles. The number of aryl methyl sites for hydroxylation is 3. The first kappa shape index (κ1) is 14.7. The van der Waals surface area contributed by atoms with Gasteiger partial charge >= 0.3 is 0 Å². The predicted molar refractivity (Wildman–Crippen MR) is 80.8 cm³/mol. The molecule has 0 aromatic heterocycles. The van der Waals surface area contributed by atoms with Crippen LogP contribution in [0.4, 0.5) is 4.39 Å². The molecule has 3 heteroatoms. The number of halogens is 1. The average Bonchev–Trinajstić information content (AvgIpc) is 2.40. The Morgan fingerprint density at radius 3 is 2.30 bits per heavy atom. The van der Waals surface area contributed by atoms with Crippen molar-refractivity contribution < 1.29 is 4.39 Å². The fourth-order valence-electron chi connectivity index (χ4n) is 2.55. The maximum Gasteiger partial charge on any atom is 0.128 e. The molecule has 0 spiro atoms. The van der Waals surface area contributed by atoms with Crippen LogP contribution in [0.1, 0.15) is 33.9 Å². The number of hydrogen-bond acceptors (Lipinski definition) is 2. The van der Waals surface area contributed by atoms with Crippen molar-refractivity contribution in [2.24, 2.45) is 5.84 Å². The molecule has 1 atom stereocenters. The van der Waals surface area contributed by atoms with Crippen LogP contribution in [0.25, 0.3) is 0 Å². The lowest BCUT2D eigenvalue weighted by molar-refractivity contribution is 0.508. The largest absolute Gasteiger partial charge is 0.271 e. The van der Waals surface area contributed by atoms with Gasteiger partial charge < -0.3 is 0 Å². The van der Waals surface area contributed by atoms with Gasteiger partial charge in [0, 0.05) is 5.56 Å². The first-order valence-corrected chi connectivity index (χ1v) is 6.80. The molecule has 0 aliphatic rings. The molecule has 0 heterocycles. The second kappa shape index (κ2) is 6.16. The Labute approximate surface area is 119 Å². The number of nitrogens with one attached hydrogen (secondary N) is 1. The highest BCUT2D eigenvalue weighted by Gasteiger charge is 2.17. The monoisotopic (exact) mass is 272 g/mol. The van der Waals surface area contributed by atoms with Crippen LogP contribution in [-0.4, -0.2) is 0 Å².